The summed E-state index contributed by atoms with van der Waals surface area (Å²) in [6.45, 7) is 8.29. The van der Waals surface area contributed by atoms with Gasteiger partial charge in [0.25, 0.3) is 0 Å². The van der Waals surface area contributed by atoms with Gasteiger partial charge in [-0.1, -0.05) is 29.0 Å². The van der Waals surface area contributed by atoms with E-state index < -0.39 is 0 Å². The lowest BCUT2D eigenvalue weighted by Gasteiger charge is -1.86. The van der Waals surface area contributed by atoms with Gasteiger partial charge in [-0.25, -0.2) is 0 Å². The Morgan fingerprint density at radius 2 is 1.83 bits per heavy atom. The topological polar surface area (TPSA) is 0 Å². The molecule has 0 aromatic rings. The van der Waals surface area contributed by atoms with Gasteiger partial charge >= 0.3 is 0 Å². The summed E-state index contributed by atoms with van der Waals surface area (Å²) in [6, 6.07) is 0. The van der Waals surface area contributed by atoms with Crippen LogP contribution in [0.15, 0.2) is 11.9 Å². The number of rotatable bonds is 0. The molecule has 0 nitrogen and oxygen atoms in total. The maximum atomic E-state index is 3.83. The van der Waals surface area contributed by atoms with Gasteiger partial charge in [-0.05, 0) is 5.31 Å². The van der Waals surface area contributed by atoms with E-state index >= 15 is 0 Å². The van der Waals surface area contributed by atoms with Gasteiger partial charge in [0.05, 0.1) is 0 Å². The summed E-state index contributed by atoms with van der Waals surface area (Å²) < 4.78 is 0. The minimum Gasteiger partial charge on any atom is -0.0947 e. The Kier molecular flexibility index (Phi) is 0.628. The molecule has 1 rings (SSSR count). The standard InChI is InChI=1S/C5H9P/c1-4-5(2,3)6-4/h6H,1H2,2-3H3. The lowest BCUT2D eigenvalue weighted by atomic mass is 10.2. The predicted molar refractivity (Wildman–Crippen MR) is 31.5 cm³/mol. The van der Waals surface area contributed by atoms with Crippen LogP contribution in [0.3, 0.4) is 0 Å². The minimum atomic E-state index is 0.542. The second-order valence-electron chi connectivity index (χ2n) is 2.23. The van der Waals surface area contributed by atoms with Crippen LogP contribution in [-0.4, -0.2) is 5.16 Å². The summed E-state index contributed by atoms with van der Waals surface area (Å²) in [7, 11) is 1.04. The molecule has 1 fully saturated rings. The monoisotopic (exact) mass is 100 g/mol. The fourth-order valence-electron chi connectivity index (χ4n) is 0.346. The normalized spacial score (nSPS) is 31.3. The first kappa shape index (κ1) is 4.33. The molecule has 0 saturated carbocycles. The van der Waals surface area contributed by atoms with E-state index in [1.165, 1.54) is 5.31 Å². The van der Waals surface area contributed by atoms with E-state index in [-0.39, 0.29) is 0 Å². The van der Waals surface area contributed by atoms with Crippen LogP contribution < -0.4 is 0 Å². The van der Waals surface area contributed by atoms with Crippen LogP contribution in [0.25, 0.3) is 0 Å². The summed E-state index contributed by atoms with van der Waals surface area (Å²) in [5.74, 6) is 0. The zero-order valence-electron chi connectivity index (χ0n) is 4.21. The second-order valence-corrected chi connectivity index (χ2v) is 4.33. The zero-order chi connectivity index (χ0) is 4.78. The van der Waals surface area contributed by atoms with Crippen LogP contribution >= 0.6 is 8.58 Å². The van der Waals surface area contributed by atoms with Crippen molar-refractivity contribution in [3.8, 4) is 0 Å². The Morgan fingerprint density at radius 1 is 1.67 bits per heavy atom. The molecule has 0 amide bonds. The molecule has 6 heavy (non-hydrogen) atoms. The van der Waals surface area contributed by atoms with Gasteiger partial charge in [-0.2, -0.15) is 0 Å². The van der Waals surface area contributed by atoms with E-state index in [1.807, 2.05) is 0 Å². The molecule has 1 heteroatoms. The predicted octanol–water partition coefficient (Wildman–Crippen LogP) is 1.97. The van der Waals surface area contributed by atoms with Crippen molar-refractivity contribution in [1.29, 1.82) is 0 Å². The smallest absolute Gasteiger partial charge is 0.0104 e. The third-order valence-corrected chi connectivity index (χ3v) is 2.76. The number of allylic oxidation sites excluding steroid dienone is 1. The van der Waals surface area contributed by atoms with Crippen molar-refractivity contribution in [2.45, 2.75) is 19.0 Å². The second kappa shape index (κ2) is 0.869. The molecule has 0 aromatic heterocycles. The highest BCUT2D eigenvalue weighted by atomic mass is 31.1. The molecule has 0 bridgehead atoms. The average Bonchev–Trinajstić information content (AvgIpc) is 1.73. The molecular formula is C5H9P. The van der Waals surface area contributed by atoms with E-state index in [0.717, 1.165) is 8.58 Å². The van der Waals surface area contributed by atoms with Gasteiger partial charge < -0.3 is 0 Å². The molecule has 0 aromatic carbocycles. The van der Waals surface area contributed by atoms with Crippen molar-refractivity contribution in [1.82, 2.24) is 0 Å². The first-order valence-electron chi connectivity index (χ1n) is 2.10. The molecule has 0 spiro atoms. The van der Waals surface area contributed by atoms with E-state index in [0.29, 0.717) is 5.16 Å². The Morgan fingerprint density at radius 3 is 1.83 bits per heavy atom. The van der Waals surface area contributed by atoms with Crippen LogP contribution in [-0.2, 0) is 0 Å². The summed E-state index contributed by atoms with van der Waals surface area (Å²) >= 11 is 0. The third-order valence-electron chi connectivity index (χ3n) is 1.16. The molecule has 0 N–H and O–H groups in total. The molecular weight excluding hydrogens is 91.0 g/mol. The highest BCUT2D eigenvalue weighted by molar-refractivity contribution is 7.55. The maximum absolute atomic E-state index is 3.83. The van der Waals surface area contributed by atoms with Crippen molar-refractivity contribution in [3.63, 3.8) is 0 Å². The Hall–Kier alpha value is 0.170. The van der Waals surface area contributed by atoms with Crippen LogP contribution in [0, 0.1) is 0 Å². The van der Waals surface area contributed by atoms with Crippen molar-refractivity contribution in [2.24, 2.45) is 0 Å². The maximum Gasteiger partial charge on any atom is 0.0104 e. The van der Waals surface area contributed by atoms with Gasteiger partial charge in [0.1, 0.15) is 0 Å². The molecule has 1 heterocycles. The third kappa shape index (κ3) is 0.498. The number of hydrogen-bond donors (Lipinski definition) is 0. The Bertz CT molecular complexity index is 92.1. The van der Waals surface area contributed by atoms with E-state index in [4.69, 9.17) is 0 Å². The lowest BCUT2D eigenvalue weighted by molar-refractivity contribution is 0.956. The summed E-state index contributed by atoms with van der Waals surface area (Å²) in [4.78, 5) is 0. The van der Waals surface area contributed by atoms with Crippen LogP contribution in [0.5, 0.6) is 0 Å². The summed E-state index contributed by atoms with van der Waals surface area (Å²) in [6.07, 6.45) is 0. The molecule has 34 valence electrons. The van der Waals surface area contributed by atoms with Gasteiger partial charge in [0.2, 0.25) is 0 Å². The molecule has 0 radical (unpaired) electrons. The Balaban J connectivity index is 2.63. The van der Waals surface area contributed by atoms with Gasteiger partial charge in [-0.15, -0.1) is 0 Å². The molecule has 1 aliphatic rings. The molecule has 1 saturated heterocycles. The largest absolute Gasteiger partial charge is 0.0947 e. The fraction of sp³-hybridized carbons (Fsp3) is 0.600. The van der Waals surface area contributed by atoms with Crippen LogP contribution in [0.1, 0.15) is 13.8 Å². The fourth-order valence-corrected chi connectivity index (χ4v) is 1.04. The average molecular weight is 100 g/mol. The zero-order valence-corrected chi connectivity index (χ0v) is 5.21. The van der Waals surface area contributed by atoms with Crippen molar-refractivity contribution >= 4 is 8.58 Å². The first-order valence-corrected chi connectivity index (χ1v) is 3.10. The molecule has 1 aliphatic heterocycles. The first-order chi connectivity index (χ1) is 2.63. The van der Waals surface area contributed by atoms with Gasteiger partial charge in [0.15, 0.2) is 0 Å². The van der Waals surface area contributed by atoms with Crippen molar-refractivity contribution in [3.05, 3.63) is 11.9 Å². The van der Waals surface area contributed by atoms with Gasteiger partial charge in [-0.3, -0.25) is 0 Å². The molecule has 1 atom stereocenters. The Labute approximate surface area is 40.4 Å². The highest BCUT2D eigenvalue weighted by Gasteiger charge is 2.36. The van der Waals surface area contributed by atoms with Crippen LogP contribution in [0.2, 0.25) is 0 Å². The van der Waals surface area contributed by atoms with E-state index in [1.54, 1.807) is 0 Å². The molecule has 0 aliphatic carbocycles. The summed E-state index contributed by atoms with van der Waals surface area (Å²) in [5.41, 5.74) is 0. The van der Waals surface area contributed by atoms with Gasteiger partial charge in [0, 0.05) is 5.16 Å². The molecule has 1 unspecified atom stereocenters. The summed E-state index contributed by atoms with van der Waals surface area (Å²) in [5, 5.41) is 1.97. The lowest BCUT2D eigenvalue weighted by Crippen LogP contribution is -1.86. The van der Waals surface area contributed by atoms with E-state index in [9.17, 15) is 0 Å². The van der Waals surface area contributed by atoms with Crippen LogP contribution in [0.4, 0.5) is 0 Å². The van der Waals surface area contributed by atoms with E-state index in [2.05, 4.69) is 20.4 Å². The quantitative estimate of drug-likeness (QED) is 0.408. The van der Waals surface area contributed by atoms with Crippen molar-refractivity contribution < 1.29 is 0 Å². The van der Waals surface area contributed by atoms with Crippen molar-refractivity contribution in [2.75, 3.05) is 0 Å². The number of hydrogen-bond acceptors (Lipinski definition) is 0. The minimum absolute atomic E-state index is 0.542. The highest BCUT2D eigenvalue weighted by Crippen LogP contribution is 2.62. The SMILES string of the molecule is C=C1PC1(C)C.